The Morgan fingerprint density at radius 2 is 2.19 bits per heavy atom. The van der Waals surface area contributed by atoms with E-state index in [4.69, 9.17) is 9.84 Å². The number of ether oxygens (including phenoxy) is 1. The van der Waals surface area contributed by atoms with Gasteiger partial charge in [-0.25, -0.2) is 13.6 Å². The summed E-state index contributed by atoms with van der Waals surface area (Å²) in [5.74, 6) is -1.24. The molecule has 0 saturated carbocycles. The summed E-state index contributed by atoms with van der Waals surface area (Å²) in [7, 11) is 0. The number of rotatable bonds is 0. The van der Waals surface area contributed by atoms with Crippen LogP contribution in [0.1, 0.15) is 5.56 Å². The van der Waals surface area contributed by atoms with E-state index in [9.17, 15) is 13.6 Å². The molecule has 3 rings (SSSR count). The van der Waals surface area contributed by atoms with Crippen molar-refractivity contribution in [2.24, 2.45) is 0 Å². The molecule has 0 bridgehead atoms. The lowest BCUT2D eigenvalue weighted by Gasteiger charge is -2.38. The minimum Gasteiger partial charge on any atom is -0.488 e. The van der Waals surface area contributed by atoms with Crippen LogP contribution in [0.15, 0.2) is 10.5 Å². The summed E-state index contributed by atoms with van der Waals surface area (Å²) in [6, 6.07) is 0.880. The van der Waals surface area contributed by atoms with E-state index in [1.807, 2.05) is 4.90 Å². The predicted molar refractivity (Wildman–Crippen MR) is 73.3 cm³/mol. The number of piperazine rings is 1. The van der Waals surface area contributed by atoms with Crippen molar-refractivity contribution in [1.82, 2.24) is 9.80 Å². The van der Waals surface area contributed by atoms with Crippen LogP contribution in [0, 0.1) is 11.6 Å². The number of hydrogen-bond donors (Lipinski definition) is 1. The fourth-order valence-electron chi connectivity index (χ4n) is 2.72. The van der Waals surface area contributed by atoms with Gasteiger partial charge < -0.3 is 14.7 Å². The van der Waals surface area contributed by atoms with Gasteiger partial charge in [0.25, 0.3) is 0 Å². The molecule has 1 N–H and O–H groups in total. The fraction of sp³-hybridized carbons (Fsp3) is 0.462. The topological polar surface area (TPSA) is 53.0 Å². The van der Waals surface area contributed by atoms with Crippen LogP contribution in [0.5, 0.6) is 5.75 Å². The first-order chi connectivity index (χ1) is 9.97. The van der Waals surface area contributed by atoms with Gasteiger partial charge in [-0.05, 0) is 22.0 Å². The molecule has 1 aromatic carbocycles. The second kappa shape index (κ2) is 5.42. The molecule has 0 radical (unpaired) electrons. The van der Waals surface area contributed by atoms with Crippen LogP contribution in [-0.4, -0.2) is 53.3 Å². The van der Waals surface area contributed by atoms with Gasteiger partial charge >= 0.3 is 6.09 Å². The Morgan fingerprint density at radius 3 is 2.90 bits per heavy atom. The maximum atomic E-state index is 14.1. The Bertz CT molecular complexity index is 599. The average Bonchev–Trinajstić information content (AvgIpc) is 2.64. The third-order valence-electron chi connectivity index (χ3n) is 3.88. The molecule has 2 heterocycles. The average molecular weight is 363 g/mol. The molecule has 8 heteroatoms. The smallest absolute Gasteiger partial charge is 0.407 e. The molecule has 0 spiro atoms. The van der Waals surface area contributed by atoms with Crippen molar-refractivity contribution >= 4 is 22.0 Å². The molecule has 0 aromatic heterocycles. The molecule has 114 valence electrons. The second-order valence-corrected chi connectivity index (χ2v) is 5.98. The van der Waals surface area contributed by atoms with Gasteiger partial charge in [0.05, 0.1) is 10.5 Å². The third kappa shape index (κ3) is 2.57. The van der Waals surface area contributed by atoms with Crippen molar-refractivity contribution in [3.63, 3.8) is 0 Å². The van der Waals surface area contributed by atoms with Crippen LogP contribution in [-0.2, 0) is 6.54 Å². The van der Waals surface area contributed by atoms with E-state index in [0.29, 0.717) is 13.1 Å². The van der Waals surface area contributed by atoms with Crippen molar-refractivity contribution in [3.05, 3.63) is 27.7 Å². The summed E-state index contributed by atoms with van der Waals surface area (Å²) in [5, 5.41) is 9.04. The van der Waals surface area contributed by atoms with Crippen molar-refractivity contribution in [2.75, 3.05) is 26.2 Å². The van der Waals surface area contributed by atoms with Gasteiger partial charge in [0, 0.05) is 31.7 Å². The molecular formula is C13H13BrF2N2O3. The van der Waals surface area contributed by atoms with Crippen LogP contribution in [0.4, 0.5) is 13.6 Å². The molecule has 2 aliphatic heterocycles. The van der Waals surface area contributed by atoms with Crippen molar-refractivity contribution in [3.8, 4) is 5.75 Å². The van der Waals surface area contributed by atoms with Crippen LogP contribution < -0.4 is 4.74 Å². The normalized spacial score (nSPS) is 22.0. The van der Waals surface area contributed by atoms with Crippen molar-refractivity contribution in [1.29, 1.82) is 0 Å². The number of fused-ring (bicyclic) bond motifs is 2. The van der Waals surface area contributed by atoms with Gasteiger partial charge in [-0.15, -0.1) is 0 Å². The van der Waals surface area contributed by atoms with Gasteiger partial charge in [0.2, 0.25) is 0 Å². The molecular weight excluding hydrogens is 350 g/mol. The van der Waals surface area contributed by atoms with Gasteiger partial charge in [0.15, 0.2) is 11.6 Å². The molecule has 5 nitrogen and oxygen atoms in total. The summed E-state index contributed by atoms with van der Waals surface area (Å²) in [6.45, 7) is 1.43. The molecule has 1 saturated heterocycles. The molecule has 21 heavy (non-hydrogen) atoms. The van der Waals surface area contributed by atoms with Crippen LogP contribution in [0.3, 0.4) is 0 Å². The number of nitrogens with zero attached hydrogens (tertiary/aromatic N) is 2. The Labute approximate surface area is 128 Å². The zero-order valence-electron chi connectivity index (χ0n) is 11.0. The Balaban J connectivity index is 1.90. The Morgan fingerprint density at radius 1 is 1.43 bits per heavy atom. The lowest BCUT2D eigenvalue weighted by atomic mass is 10.1. The zero-order chi connectivity index (χ0) is 15.1. The molecule has 1 atom stereocenters. The number of amides is 1. The number of halogens is 3. The monoisotopic (exact) mass is 362 g/mol. The van der Waals surface area contributed by atoms with Gasteiger partial charge in [0.1, 0.15) is 12.4 Å². The number of hydrogen-bond acceptors (Lipinski definition) is 3. The first kappa shape index (κ1) is 14.5. The summed E-state index contributed by atoms with van der Waals surface area (Å²) in [5.41, 5.74) is 0.182. The van der Waals surface area contributed by atoms with Crippen LogP contribution in [0.25, 0.3) is 0 Å². The SMILES string of the molecule is O=C(O)N1CCN2Cc3c(F)cc(Br)c(F)c3OC[C@H]2C1. The summed E-state index contributed by atoms with van der Waals surface area (Å²) in [4.78, 5) is 14.3. The molecule has 1 fully saturated rings. The van der Waals surface area contributed by atoms with Gasteiger partial charge in [-0.3, -0.25) is 4.90 Å². The molecule has 2 aliphatic rings. The quantitative estimate of drug-likeness (QED) is 0.719. The van der Waals surface area contributed by atoms with E-state index in [2.05, 4.69) is 15.9 Å². The standard InChI is InChI=1S/C13H13BrF2N2O3/c14-9-3-10(15)8-5-17-1-2-18(13(19)20)4-7(17)6-21-12(8)11(9)16/h3,7H,1-2,4-6H2,(H,19,20)/t7-/m1/s1. The van der Waals surface area contributed by atoms with Crippen LogP contribution in [0.2, 0.25) is 0 Å². The minimum absolute atomic E-state index is 0.0192. The van der Waals surface area contributed by atoms with Gasteiger partial charge in [-0.1, -0.05) is 0 Å². The summed E-state index contributed by atoms with van der Waals surface area (Å²) < 4.78 is 33.6. The van der Waals surface area contributed by atoms with E-state index in [0.717, 1.165) is 6.07 Å². The van der Waals surface area contributed by atoms with E-state index in [1.165, 1.54) is 4.90 Å². The number of carboxylic acid groups (broad SMARTS) is 1. The fourth-order valence-corrected chi connectivity index (χ4v) is 3.11. The highest BCUT2D eigenvalue weighted by atomic mass is 79.9. The predicted octanol–water partition coefficient (Wildman–Crippen LogP) is 2.28. The van der Waals surface area contributed by atoms with E-state index < -0.39 is 17.7 Å². The minimum atomic E-state index is -0.989. The lowest BCUT2D eigenvalue weighted by Crippen LogP contribution is -2.55. The Kier molecular flexibility index (Phi) is 3.75. The summed E-state index contributed by atoms with van der Waals surface area (Å²) >= 11 is 2.96. The maximum Gasteiger partial charge on any atom is 0.407 e. The zero-order valence-corrected chi connectivity index (χ0v) is 12.6. The summed E-state index contributed by atoms with van der Waals surface area (Å²) in [6.07, 6.45) is -0.989. The Hall–Kier alpha value is -1.41. The molecule has 1 aromatic rings. The maximum absolute atomic E-state index is 14.1. The number of carbonyl (C=O) groups is 1. The first-order valence-corrected chi connectivity index (χ1v) is 7.27. The highest BCUT2D eigenvalue weighted by molar-refractivity contribution is 9.10. The van der Waals surface area contributed by atoms with E-state index >= 15 is 0 Å². The van der Waals surface area contributed by atoms with E-state index in [-0.39, 0.29) is 41.5 Å². The first-order valence-electron chi connectivity index (χ1n) is 6.48. The largest absolute Gasteiger partial charge is 0.488 e. The van der Waals surface area contributed by atoms with Crippen molar-refractivity contribution in [2.45, 2.75) is 12.6 Å². The number of benzene rings is 1. The molecule has 0 aliphatic carbocycles. The third-order valence-corrected chi connectivity index (χ3v) is 4.46. The second-order valence-electron chi connectivity index (χ2n) is 5.13. The van der Waals surface area contributed by atoms with Crippen molar-refractivity contribution < 1.29 is 23.4 Å². The highest BCUT2D eigenvalue weighted by Gasteiger charge is 2.34. The van der Waals surface area contributed by atoms with Gasteiger partial charge in [-0.2, -0.15) is 0 Å². The molecule has 0 unspecified atom stereocenters. The highest BCUT2D eigenvalue weighted by Crippen LogP contribution is 2.35. The molecule has 1 amide bonds. The van der Waals surface area contributed by atoms with E-state index in [1.54, 1.807) is 0 Å². The lowest BCUT2D eigenvalue weighted by molar-refractivity contribution is 0.0496. The van der Waals surface area contributed by atoms with Crippen LogP contribution >= 0.6 is 15.9 Å².